The highest BCUT2D eigenvalue weighted by atomic mass is 16.5. The molecule has 1 atom stereocenters. The lowest BCUT2D eigenvalue weighted by atomic mass is 10.0. The Morgan fingerprint density at radius 3 is 2.45 bits per heavy atom. The van der Waals surface area contributed by atoms with Gasteiger partial charge in [0, 0.05) is 31.9 Å². The third-order valence-electron chi connectivity index (χ3n) is 5.49. The molecule has 1 aromatic carbocycles. The molecule has 1 saturated heterocycles. The van der Waals surface area contributed by atoms with Crippen LogP contribution in [0.1, 0.15) is 31.5 Å². The van der Waals surface area contributed by atoms with Gasteiger partial charge in [0.2, 0.25) is 0 Å². The number of piperazine rings is 1. The van der Waals surface area contributed by atoms with Crippen molar-refractivity contribution in [2.24, 2.45) is 5.92 Å². The van der Waals surface area contributed by atoms with Crippen LogP contribution in [0.4, 0.5) is 5.69 Å². The van der Waals surface area contributed by atoms with E-state index in [-0.39, 0.29) is 6.04 Å². The number of hydrogen-bond donors (Lipinski definition) is 0. The predicted octanol–water partition coefficient (Wildman–Crippen LogP) is 2.84. The van der Waals surface area contributed by atoms with Crippen molar-refractivity contribution in [3.05, 3.63) is 54.2 Å². The maximum Gasteiger partial charge on any atom is 0.169 e. The molecule has 29 heavy (non-hydrogen) atoms. The molecule has 3 heterocycles. The lowest BCUT2D eigenvalue weighted by molar-refractivity contribution is 0.135. The van der Waals surface area contributed by atoms with Gasteiger partial charge in [0.15, 0.2) is 5.82 Å². The van der Waals surface area contributed by atoms with Crippen LogP contribution in [-0.4, -0.2) is 58.4 Å². The van der Waals surface area contributed by atoms with Crippen LogP contribution in [0.15, 0.2) is 47.1 Å². The molecule has 8 nitrogen and oxygen atoms in total. The van der Waals surface area contributed by atoms with Crippen LogP contribution in [0.5, 0.6) is 5.75 Å². The van der Waals surface area contributed by atoms with E-state index in [1.807, 2.05) is 28.9 Å². The molecule has 154 valence electrons. The van der Waals surface area contributed by atoms with Gasteiger partial charge in [0.25, 0.3) is 0 Å². The summed E-state index contributed by atoms with van der Waals surface area (Å²) in [5, 5.41) is 12.5. The zero-order chi connectivity index (χ0) is 20.2. The smallest absolute Gasteiger partial charge is 0.169 e. The number of benzene rings is 1. The minimum Gasteiger partial charge on any atom is -0.497 e. The topological polar surface area (TPSA) is 72.5 Å². The number of aromatic nitrogens is 4. The summed E-state index contributed by atoms with van der Waals surface area (Å²) in [5.41, 5.74) is 1.23. The number of ether oxygens (including phenoxy) is 1. The Hall–Kier alpha value is -2.87. The van der Waals surface area contributed by atoms with Crippen LogP contribution in [0, 0.1) is 5.92 Å². The van der Waals surface area contributed by atoms with Crippen LogP contribution in [-0.2, 0) is 6.54 Å². The molecule has 1 aliphatic rings. The summed E-state index contributed by atoms with van der Waals surface area (Å²) in [4.78, 5) is 4.91. The number of methoxy groups -OCH3 is 1. The van der Waals surface area contributed by atoms with Gasteiger partial charge in [-0.15, -0.1) is 5.10 Å². The Balaban J connectivity index is 1.46. The minimum absolute atomic E-state index is 0.165. The zero-order valence-electron chi connectivity index (χ0n) is 17.2. The molecular formula is C21H28N6O2. The Morgan fingerprint density at radius 1 is 1.07 bits per heavy atom. The monoisotopic (exact) mass is 396 g/mol. The molecule has 0 aliphatic carbocycles. The van der Waals surface area contributed by atoms with Gasteiger partial charge in [0.1, 0.15) is 18.1 Å². The van der Waals surface area contributed by atoms with Gasteiger partial charge >= 0.3 is 0 Å². The summed E-state index contributed by atoms with van der Waals surface area (Å²) in [6.45, 7) is 8.86. The summed E-state index contributed by atoms with van der Waals surface area (Å²) in [6.07, 6.45) is 1.68. The summed E-state index contributed by atoms with van der Waals surface area (Å²) in [7, 11) is 1.69. The number of tetrazole rings is 1. The second-order valence-electron chi connectivity index (χ2n) is 7.68. The van der Waals surface area contributed by atoms with Gasteiger partial charge in [0.05, 0.1) is 19.4 Å². The Labute approximate surface area is 171 Å². The normalized spacial score (nSPS) is 16.3. The van der Waals surface area contributed by atoms with E-state index in [0.29, 0.717) is 12.5 Å². The van der Waals surface area contributed by atoms with Crippen molar-refractivity contribution >= 4 is 5.69 Å². The Bertz CT molecular complexity index is 882. The molecule has 3 aromatic rings. The molecule has 0 amide bonds. The summed E-state index contributed by atoms with van der Waals surface area (Å²) >= 11 is 0. The number of rotatable bonds is 7. The van der Waals surface area contributed by atoms with Gasteiger partial charge in [-0.2, -0.15) is 0 Å². The maximum absolute atomic E-state index is 5.48. The molecule has 4 rings (SSSR count). The first-order chi connectivity index (χ1) is 14.2. The molecule has 0 radical (unpaired) electrons. The second kappa shape index (κ2) is 8.65. The predicted molar refractivity (Wildman–Crippen MR) is 110 cm³/mol. The fourth-order valence-electron chi connectivity index (χ4n) is 4.02. The van der Waals surface area contributed by atoms with Crippen LogP contribution in [0.25, 0.3) is 0 Å². The first-order valence-electron chi connectivity index (χ1n) is 10.1. The van der Waals surface area contributed by atoms with Gasteiger partial charge in [-0.05, 0) is 52.7 Å². The van der Waals surface area contributed by atoms with E-state index >= 15 is 0 Å². The SMILES string of the molecule is COc1ccc(N2CCN([C@H](c3nnnn3Cc3ccco3)C(C)C)CC2)cc1. The number of anilines is 1. The van der Waals surface area contributed by atoms with E-state index in [1.165, 1.54) is 5.69 Å². The first kappa shape index (κ1) is 19.4. The Kier molecular flexibility index (Phi) is 5.80. The number of furan rings is 1. The van der Waals surface area contributed by atoms with Crippen molar-refractivity contribution in [2.75, 3.05) is 38.2 Å². The zero-order valence-corrected chi connectivity index (χ0v) is 17.2. The van der Waals surface area contributed by atoms with E-state index in [4.69, 9.17) is 9.15 Å². The van der Waals surface area contributed by atoms with Crippen LogP contribution in [0.3, 0.4) is 0 Å². The summed E-state index contributed by atoms with van der Waals surface area (Å²) in [5.74, 6) is 3.03. The van der Waals surface area contributed by atoms with Crippen molar-refractivity contribution in [1.82, 2.24) is 25.1 Å². The van der Waals surface area contributed by atoms with E-state index in [9.17, 15) is 0 Å². The van der Waals surface area contributed by atoms with Gasteiger partial charge in [-0.1, -0.05) is 13.8 Å². The standard InChI is InChI=1S/C21H28N6O2/c1-16(2)20(21-22-23-24-27(21)15-19-5-4-14-29-19)26-12-10-25(11-13-26)17-6-8-18(28-3)9-7-17/h4-9,14,16,20H,10-13,15H2,1-3H3/t20-/m0/s1. The first-order valence-corrected chi connectivity index (χ1v) is 10.1. The average Bonchev–Trinajstić information content (AvgIpc) is 3.42. The van der Waals surface area contributed by atoms with Gasteiger partial charge in [-0.25, -0.2) is 4.68 Å². The molecule has 0 N–H and O–H groups in total. The summed E-state index contributed by atoms with van der Waals surface area (Å²) < 4.78 is 12.6. The highest BCUT2D eigenvalue weighted by Gasteiger charge is 2.31. The van der Waals surface area contributed by atoms with Gasteiger partial charge < -0.3 is 14.1 Å². The molecule has 0 saturated carbocycles. The largest absolute Gasteiger partial charge is 0.497 e. The minimum atomic E-state index is 0.165. The molecule has 1 fully saturated rings. The lowest BCUT2D eigenvalue weighted by Gasteiger charge is -2.41. The fourth-order valence-corrected chi connectivity index (χ4v) is 4.02. The Morgan fingerprint density at radius 2 is 1.83 bits per heavy atom. The van der Waals surface area contributed by atoms with Crippen molar-refractivity contribution in [2.45, 2.75) is 26.4 Å². The highest BCUT2D eigenvalue weighted by Crippen LogP contribution is 2.29. The van der Waals surface area contributed by atoms with Crippen LogP contribution < -0.4 is 9.64 Å². The fraction of sp³-hybridized carbons (Fsp3) is 0.476. The van der Waals surface area contributed by atoms with Crippen molar-refractivity contribution in [1.29, 1.82) is 0 Å². The molecule has 2 aromatic heterocycles. The average molecular weight is 396 g/mol. The van der Waals surface area contributed by atoms with E-state index in [2.05, 4.69) is 51.3 Å². The molecule has 0 unspecified atom stereocenters. The van der Waals surface area contributed by atoms with Crippen molar-refractivity contribution in [3.63, 3.8) is 0 Å². The summed E-state index contributed by atoms with van der Waals surface area (Å²) in [6, 6.07) is 12.3. The highest BCUT2D eigenvalue weighted by molar-refractivity contribution is 5.49. The molecule has 0 bridgehead atoms. The third kappa shape index (κ3) is 4.27. The third-order valence-corrected chi connectivity index (χ3v) is 5.49. The second-order valence-corrected chi connectivity index (χ2v) is 7.68. The van der Waals surface area contributed by atoms with Crippen molar-refractivity contribution < 1.29 is 9.15 Å². The van der Waals surface area contributed by atoms with Crippen LogP contribution >= 0.6 is 0 Å². The molecule has 0 spiro atoms. The van der Waals surface area contributed by atoms with Crippen molar-refractivity contribution in [3.8, 4) is 5.75 Å². The van der Waals surface area contributed by atoms with E-state index in [1.54, 1.807) is 13.4 Å². The van der Waals surface area contributed by atoms with E-state index < -0.39 is 0 Å². The number of hydrogen-bond acceptors (Lipinski definition) is 7. The molecule has 1 aliphatic heterocycles. The van der Waals surface area contributed by atoms with Gasteiger partial charge in [-0.3, -0.25) is 4.90 Å². The number of nitrogens with zero attached hydrogens (tertiary/aromatic N) is 6. The maximum atomic E-state index is 5.48. The lowest BCUT2D eigenvalue weighted by Crippen LogP contribution is -2.49. The van der Waals surface area contributed by atoms with Crippen LogP contribution in [0.2, 0.25) is 0 Å². The molecule has 8 heteroatoms. The quantitative estimate of drug-likeness (QED) is 0.608. The van der Waals surface area contributed by atoms with E-state index in [0.717, 1.165) is 43.5 Å². The molecular weight excluding hydrogens is 368 g/mol.